The molecule has 8 nitrogen and oxygen atoms in total. The number of methoxy groups -OCH3 is 2. The number of rotatable bonds is 10. The van der Waals surface area contributed by atoms with E-state index in [0.717, 1.165) is 26.5 Å². The number of hydrazine groups is 1. The van der Waals surface area contributed by atoms with Crippen molar-refractivity contribution in [3.63, 3.8) is 0 Å². The Balaban J connectivity index is 1.88. The van der Waals surface area contributed by atoms with Gasteiger partial charge in [-0.2, -0.15) is 0 Å². The predicted octanol–water partition coefficient (Wildman–Crippen LogP) is 3.95. The summed E-state index contributed by atoms with van der Waals surface area (Å²) in [5.41, 5.74) is 0.907. The molecule has 234 valence electrons. The van der Waals surface area contributed by atoms with Gasteiger partial charge in [-0.25, -0.2) is 19.6 Å². The molecule has 0 N–H and O–H groups in total. The SMILES string of the molecule is COC(=O)C(C(C(=O)OC)N(C(C)=O)N1C(=O)CC1C=Cc1ccccc1)=P(c1ccccc1)(c1ccccc1)c1ccccc1. The number of esters is 2. The molecule has 5 rings (SSSR count). The van der Waals surface area contributed by atoms with E-state index in [-0.39, 0.29) is 17.6 Å². The second kappa shape index (κ2) is 14.3. The highest BCUT2D eigenvalue weighted by Gasteiger charge is 2.51. The van der Waals surface area contributed by atoms with Crippen LogP contribution in [0, 0.1) is 0 Å². The molecule has 0 saturated carbocycles. The molecule has 2 amide bonds. The molecule has 0 aliphatic carbocycles. The van der Waals surface area contributed by atoms with Crippen molar-refractivity contribution in [3.8, 4) is 0 Å². The van der Waals surface area contributed by atoms with E-state index in [2.05, 4.69) is 0 Å². The Kier molecular flexibility index (Phi) is 9.99. The molecule has 4 aromatic carbocycles. The first-order chi connectivity index (χ1) is 22.3. The second-order valence-corrected chi connectivity index (χ2v) is 14.0. The van der Waals surface area contributed by atoms with Crippen LogP contribution in [-0.4, -0.2) is 65.4 Å². The molecule has 4 aromatic rings. The highest BCUT2D eigenvalue weighted by Crippen LogP contribution is 2.48. The zero-order valence-corrected chi connectivity index (χ0v) is 26.7. The summed E-state index contributed by atoms with van der Waals surface area (Å²) >= 11 is 0. The minimum atomic E-state index is -3.29. The molecule has 2 atom stereocenters. The topological polar surface area (TPSA) is 93.2 Å². The first-order valence-corrected chi connectivity index (χ1v) is 16.6. The van der Waals surface area contributed by atoms with E-state index >= 15 is 0 Å². The molecule has 1 heterocycles. The minimum Gasteiger partial charge on any atom is -0.467 e. The van der Waals surface area contributed by atoms with E-state index < -0.39 is 36.8 Å². The number of benzene rings is 4. The lowest BCUT2D eigenvalue weighted by Gasteiger charge is -2.48. The summed E-state index contributed by atoms with van der Waals surface area (Å²) < 4.78 is 10.8. The van der Waals surface area contributed by atoms with Crippen molar-refractivity contribution in [2.45, 2.75) is 25.4 Å². The van der Waals surface area contributed by atoms with Gasteiger partial charge in [0.15, 0.2) is 6.04 Å². The third kappa shape index (κ3) is 6.04. The minimum absolute atomic E-state index is 0.00568. The monoisotopic (exact) mass is 634 g/mol. The van der Waals surface area contributed by atoms with Crippen LogP contribution in [0.1, 0.15) is 18.9 Å². The van der Waals surface area contributed by atoms with Crippen LogP contribution in [0.5, 0.6) is 0 Å². The number of β-lactam (4-membered cyclic amide) rings is 1. The first kappa shape index (κ1) is 32.2. The lowest BCUT2D eigenvalue weighted by atomic mass is 10.0. The van der Waals surface area contributed by atoms with Crippen LogP contribution in [0.25, 0.3) is 6.08 Å². The van der Waals surface area contributed by atoms with Gasteiger partial charge in [-0.15, -0.1) is 0 Å². The van der Waals surface area contributed by atoms with E-state index in [1.54, 1.807) is 0 Å². The normalized spacial score (nSPS) is 15.1. The largest absolute Gasteiger partial charge is 0.467 e. The first-order valence-electron chi connectivity index (χ1n) is 14.8. The molecule has 1 saturated heterocycles. The van der Waals surface area contributed by atoms with Gasteiger partial charge in [0.25, 0.3) is 0 Å². The van der Waals surface area contributed by atoms with Crippen molar-refractivity contribution in [2.24, 2.45) is 0 Å². The van der Waals surface area contributed by atoms with Crippen LogP contribution in [0.2, 0.25) is 0 Å². The summed E-state index contributed by atoms with van der Waals surface area (Å²) in [6, 6.07) is 35.6. The summed E-state index contributed by atoms with van der Waals surface area (Å²) in [5.74, 6) is -2.67. The molecule has 1 fully saturated rings. The van der Waals surface area contributed by atoms with Gasteiger partial charge >= 0.3 is 11.9 Å². The fraction of sp³-hybridized carbons (Fsp3) is 0.162. The average Bonchev–Trinajstić information content (AvgIpc) is 3.10. The molecule has 0 bridgehead atoms. The lowest BCUT2D eigenvalue weighted by molar-refractivity contribution is -0.187. The Morgan fingerprint density at radius 1 is 0.761 bits per heavy atom. The summed E-state index contributed by atoms with van der Waals surface area (Å²) in [5, 5.41) is 4.59. The van der Waals surface area contributed by atoms with Gasteiger partial charge < -0.3 is 9.47 Å². The Hall–Kier alpha value is -5.20. The second-order valence-electron chi connectivity index (χ2n) is 10.6. The quantitative estimate of drug-likeness (QED) is 0.149. The zero-order valence-electron chi connectivity index (χ0n) is 25.9. The van der Waals surface area contributed by atoms with Crippen LogP contribution in [0.15, 0.2) is 127 Å². The highest BCUT2D eigenvalue weighted by molar-refractivity contribution is 7.96. The van der Waals surface area contributed by atoms with Crippen LogP contribution >= 0.6 is 6.89 Å². The molecule has 0 radical (unpaired) electrons. The van der Waals surface area contributed by atoms with Gasteiger partial charge in [0.05, 0.1) is 32.0 Å². The maximum Gasteiger partial charge on any atom is 0.337 e. The van der Waals surface area contributed by atoms with E-state index in [0.29, 0.717) is 0 Å². The molecule has 0 aromatic heterocycles. The number of amides is 2. The third-order valence-corrected chi connectivity index (χ3v) is 12.3. The van der Waals surface area contributed by atoms with Crippen molar-refractivity contribution in [1.82, 2.24) is 10.0 Å². The molecule has 2 unspecified atom stereocenters. The van der Waals surface area contributed by atoms with E-state index in [1.807, 2.05) is 133 Å². The van der Waals surface area contributed by atoms with E-state index in [9.17, 15) is 19.2 Å². The molecular formula is C37H35N2O6P. The Labute approximate surface area is 268 Å². The van der Waals surface area contributed by atoms with Gasteiger partial charge in [-0.1, -0.05) is 133 Å². The number of hydrogen-bond donors (Lipinski definition) is 0. The number of carbonyl (C=O) groups excluding carboxylic acids is 4. The van der Waals surface area contributed by atoms with Gasteiger partial charge in [-0.05, 0) is 28.4 Å². The maximum absolute atomic E-state index is 14.4. The smallest absolute Gasteiger partial charge is 0.337 e. The highest BCUT2D eigenvalue weighted by atomic mass is 31.2. The molecule has 9 heteroatoms. The van der Waals surface area contributed by atoms with E-state index in [4.69, 9.17) is 9.47 Å². The van der Waals surface area contributed by atoms with E-state index in [1.165, 1.54) is 26.2 Å². The van der Waals surface area contributed by atoms with Crippen molar-refractivity contribution in [1.29, 1.82) is 0 Å². The fourth-order valence-electron chi connectivity index (χ4n) is 5.90. The Morgan fingerprint density at radius 2 is 1.22 bits per heavy atom. The van der Waals surface area contributed by atoms with Crippen molar-refractivity contribution < 1.29 is 28.7 Å². The predicted molar refractivity (Wildman–Crippen MR) is 181 cm³/mol. The number of carbonyl (C=O) groups is 4. The maximum atomic E-state index is 14.4. The van der Waals surface area contributed by atoms with Gasteiger partial charge in [-0.3, -0.25) is 9.59 Å². The molecular weight excluding hydrogens is 599 g/mol. The molecule has 46 heavy (non-hydrogen) atoms. The van der Waals surface area contributed by atoms with Gasteiger partial charge in [0.2, 0.25) is 11.8 Å². The summed E-state index contributed by atoms with van der Waals surface area (Å²) in [6.45, 7) is -2.02. The lowest BCUT2D eigenvalue weighted by Crippen LogP contribution is -2.68. The van der Waals surface area contributed by atoms with Gasteiger partial charge in [0, 0.05) is 6.92 Å². The Morgan fingerprint density at radius 3 is 1.61 bits per heavy atom. The number of ether oxygens (including phenoxy) is 2. The molecule has 0 spiro atoms. The standard InChI is InChI=1S/C37H35N2O6P/c1-27(40)38(39-29(26-33(39)41)25-24-28-16-8-4-9-17-28)34(36(42)44-2)35(37(43)45-3)46(30-18-10-5-11-19-30,31-20-12-6-13-21-31)32-22-14-7-15-23-32/h4-25,29,34H,26H2,1-3H3. The summed E-state index contributed by atoms with van der Waals surface area (Å²) in [4.78, 5) is 55.6. The molecule has 1 aliphatic heterocycles. The number of hydrogen-bond acceptors (Lipinski definition) is 6. The van der Waals surface area contributed by atoms with Crippen LogP contribution in [-0.2, 0) is 28.7 Å². The number of nitrogens with zero attached hydrogens (tertiary/aromatic N) is 2. The molecule has 1 aliphatic rings. The van der Waals surface area contributed by atoms with Crippen molar-refractivity contribution >= 4 is 57.9 Å². The van der Waals surface area contributed by atoms with Crippen molar-refractivity contribution in [2.75, 3.05) is 14.2 Å². The Bertz CT molecular complexity index is 1690. The zero-order chi connectivity index (χ0) is 32.7. The van der Waals surface area contributed by atoms with Crippen molar-refractivity contribution in [3.05, 3.63) is 133 Å². The summed E-state index contributed by atoms with van der Waals surface area (Å²) in [6.07, 6.45) is 3.79. The van der Waals surface area contributed by atoms with Crippen LogP contribution in [0.4, 0.5) is 0 Å². The third-order valence-electron chi connectivity index (χ3n) is 7.93. The fourth-order valence-corrected chi connectivity index (χ4v) is 10.4. The summed E-state index contributed by atoms with van der Waals surface area (Å²) in [7, 11) is 2.44. The average molecular weight is 635 g/mol. The van der Waals surface area contributed by atoms with Crippen LogP contribution in [0.3, 0.4) is 0 Å². The van der Waals surface area contributed by atoms with Gasteiger partial charge in [0.1, 0.15) is 0 Å². The van der Waals surface area contributed by atoms with Crippen LogP contribution < -0.4 is 15.9 Å².